The molecule has 1 unspecified atom stereocenters. The standard InChI is InChI=1S/C13H26O3/c1-6-15-10-8-9-11(13(3,4)5)12(14)16-7-2/h11H,6-10H2,1-5H3. The Hall–Kier alpha value is -0.570. The molecule has 3 nitrogen and oxygen atoms in total. The molecule has 0 aliphatic rings. The van der Waals surface area contributed by atoms with Crippen molar-refractivity contribution in [2.45, 2.75) is 47.5 Å². The van der Waals surface area contributed by atoms with Crippen LogP contribution in [0.4, 0.5) is 0 Å². The lowest BCUT2D eigenvalue weighted by Crippen LogP contribution is -2.30. The molecule has 0 amide bonds. The monoisotopic (exact) mass is 230 g/mol. The lowest BCUT2D eigenvalue weighted by molar-refractivity contribution is -0.152. The number of hydrogen-bond acceptors (Lipinski definition) is 3. The van der Waals surface area contributed by atoms with Gasteiger partial charge in [0.1, 0.15) is 0 Å². The van der Waals surface area contributed by atoms with Crippen LogP contribution in [0.2, 0.25) is 0 Å². The van der Waals surface area contributed by atoms with E-state index in [9.17, 15) is 4.79 Å². The van der Waals surface area contributed by atoms with E-state index in [1.807, 2.05) is 13.8 Å². The van der Waals surface area contributed by atoms with Crippen LogP contribution in [0.25, 0.3) is 0 Å². The summed E-state index contributed by atoms with van der Waals surface area (Å²) in [5, 5.41) is 0. The smallest absolute Gasteiger partial charge is 0.309 e. The van der Waals surface area contributed by atoms with E-state index in [1.165, 1.54) is 0 Å². The minimum absolute atomic E-state index is 0.0343. The molecular formula is C13H26O3. The van der Waals surface area contributed by atoms with E-state index in [-0.39, 0.29) is 17.3 Å². The summed E-state index contributed by atoms with van der Waals surface area (Å²) in [5.41, 5.74) is -0.0432. The molecule has 3 heteroatoms. The van der Waals surface area contributed by atoms with Gasteiger partial charge in [-0.25, -0.2) is 0 Å². The summed E-state index contributed by atoms with van der Waals surface area (Å²) >= 11 is 0. The molecule has 0 N–H and O–H groups in total. The number of ether oxygens (including phenoxy) is 2. The maximum Gasteiger partial charge on any atom is 0.309 e. The zero-order valence-electron chi connectivity index (χ0n) is 11.3. The third-order valence-corrected chi connectivity index (χ3v) is 2.60. The van der Waals surface area contributed by atoms with Gasteiger partial charge < -0.3 is 9.47 Å². The van der Waals surface area contributed by atoms with Gasteiger partial charge in [0, 0.05) is 13.2 Å². The van der Waals surface area contributed by atoms with Crippen LogP contribution in [0.1, 0.15) is 47.5 Å². The first-order valence-corrected chi connectivity index (χ1v) is 6.17. The summed E-state index contributed by atoms with van der Waals surface area (Å²) < 4.78 is 10.4. The molecule has 0 radical (unpaired) electrons. The van der Waals surface area contributed by atoms with Crippen molar-refractivity contribution >= 4 is 5.97 Å². The van der Waals surface area contributed by atoms with Gasteiger partial charge in [0.05, 0.1) is 12.5 Å². The summed E-state index contributed by atoms with van der Waals surface area (Å²) in [6, 6.07) is 0. The van der Waals surface area contributed by atoms with Crippen molar-refractivity contribution < 1.29 is 14.3 Å². The van der Waals surface area contributed by atoms with Gasteiger partial charge in [0.25, 0.3) is 0 Å². The molecule has 0 bridgehead atoms. The average molecular weight is 230 g/mol. The predicted octanol–water partition coefficient (Wildman–Crippen LogP) is 3.03. The first kappa shape index (κ1) is 15.4. The maximum absolute atomic E-state index is 11.8. The van der Waals surface area contributed by atoms with Crippen LogP contribution < -0.4 is 0 Å². The van der Waals surface area contributed by atoms with E-state index in [4.69, 9.17) is 9.47 Å². The zero-order chi connectivity index (χ0) is 12.6. The van der Waals surface area contributed by atoms with E-state index in [0.29, 0.717) is 6.61 Å². The molecule has 0 fully saturated rings. The van der Waals surface area contributed by atoms with E-state index in [0.717, 1.165) is 26.1 Å². The Balaban J connectivity index is 4.17. The van der Waals surface area contributed by atoms with Gasteiger partial charge in [0.2, 0.25) is 0 Å². The Bertz CT molecular complexity index is 194. The lowest BCUT2D eigenvalue weighted by atomic mass is 9.78. The van der Waals surface area contributed by atoms with Crippen LogP contribution in [0.3, 0.4) is 0 Å². The lowest BCUT2D eigenvalue weighted by Gasteiger charge is -2.28. The van der Waals surface area contributed by atoms with E-state index in [1.54, 1.807) is 0 Å². The minimum Gasteiger partial charge on any atom is -0.466 e. The topological polar surface area (TPSA) is 35.5 Å². The van der Waals surface area contributed by atoms with Crippen molar-refractivity contribution in [2.75, 3.05) is 19.8 Å². The van der Waals surface area contributed by atoms with Crippen molar-refractivity contribution in [3.8, 4) is 0 Å². The third kappa shape index (κ3) is 6.11. The van der Waals surface area contributed by atoms with Crippen molar-refractivity contribution in [3.63, 3.8) is 0 Å². The number of carbonyl (C=O) groups excluding carboxylic acids is 1. The highest BCUT2D eigenvalue weighted by Gasteiger charge is 2.31. The fourth-order valence-electron chi connectivity index (χ4n) is 1.68. The van der Waals surface area contributed by atoms with Crippen LogP contribution >= 0.6 is 0 Å². The molecule has 0 aromatic carbocycles. The molecule has 0 aliphatic carbocycles. The molecule has 0 heterocycles. The summed E-state index contributed by atoms with van der Waals surface area (Å²) in [6.45, 7) is 12.0. The van der Waals surface area contributed by atoms with Gasteiger partial charge in [0.15, 0.2) is 0 Å². The van der Waals surface area contributed by atoms with Crippen LogP contribution in [-0.4, -0.2) is 25.8 Å². The van der Waals surface area contributed by atoms with Crippen LogP contribution in [-0.2, 0) is 14.3 Å². The quantitative estimate of drug-likeness (QED) is 0.498. The minimum atomic E-state index is -0.0773. The zero-order valence-corrected chi connectivity index (χ0v) is 11.3. The average Bonchev–Trinajstić information content (AvgIpc) is 2.16. The van der Waals surface area contributed by atoms with Gasteiger partial charge in [-0.2, -0.15) is 0 Å². The third-order valence-electron chi connectivity index (χ3n) is 2.60. The highest BCUT2D eigenvalue weighted by Crippen LogP contribution is 2.30. The first-order chi connectivity index (χ1) is 7.43. The van der Waals surface area contributed by atoms with Crippen LogP contribution in [0, 0.1) is 11.3 Å². The fourth-order valence-corrected chi connectivity index (χ4v) is 1.68. The second-order valence-electron chi connectivity index (χ2n) is 5.01. The molecular weight excluding hydrogens is 204 g/mol. The van der Waals surface area contributed by atoms with Crippen molar-refractivity contribution in [3.05, 3.63) is 0 Å². The van der Waals surface area contributed by atoms with Gasteiger partial charge in [-0.1, -0.05) is 20.8 Å². The molecule has 0 saturated carbocycles. The van der Waals surface area contributed by atoms with Gasteiger partial charge in [-0.05, 0) is 32.1 Å². The summed E-state index contributed by atoms with van der Waals surface area (Å²) in [4.78, 5) is 11.8. The first-order valence-electron chi connectivity index (χ1n) is 6.17. The second kappa shape index (κ2) is 7.66. The van der Waals surface area contributed by atoms with E-state index >= 15 is 0 Å². The summed E-state index contributed by atoms with van der Waals surface area (Å²) in [5.74, 6) is -0.112. The molecule has 1 atom stereocenters. The normalized spacial score (nSPS) is 13.6. The highest BCUT2D eigenvalue weighted by atomic mass is 16.5. The molecule has 0 aromatic rings. The van der Waals surface area contributed by atoms with Gasteiger partial charge in [-0.3, -0.25) is 4.79 Å². The summed E-state index contributed by atoms with van der Waals surface area (Å²) in [7, 11) is 0. The predicted molar refractivity (Wildman–Crippen MR) is 65.3 cm³/mol. The Morgan fingerprint density at radius 2 is 1.81 bits per heavy atom. The largest absolute Gasteiger partial charge is 0.466 e. The Kier molecular flexibility index (Phi) is 7.39. The Morgan fingerprint density at radius 3 is 2.25 bits per heavy atom. The van der Waals surface area contributed by atoms with Crippen molar-refractivity contribution in [2.24, 2.45) is 11.3 Å². The van der Waals surface area contributed by atoms with Crippen LogP contribution in [0.5, 0.6) is 0 Å². The van der Waals surface area contributed by atoms with Crippen LogP contribution in [0.15, 0.2) is 0 Å². The second-order valence-corrected chi connectivity index (χ2v) is 5.01. The summed E-state index contributed by atoms with van der Waals surface area (Å²) in [6.07, 6.45) is 1.75. The molecule has 0 aromatic heterocycles. The van der Waals surface area contributed by atoms with Crippen molar-refractivity contribution in [1.29, 1.82) is 0 Å². The fraction of sp³-hybridized carbons (Fsp3) is 0.923. The highest BCUT2D eigenvalue weighted by molar-refractivity contribution is 5.73. The van der Waals surface area contributed by atoms with Gasteiger partial charge in [-0.15, -0.1) is 0 Å². The SMILES string of the molecule is CCOCCCC(C(=O)OCC)C(C)(C)C. The number of carbonyl (C=O) groups is 1. The van der Waals surface area contributed by atoms with Gasteiger partial charge >= 0.3 is 5.97 Å². The molecule has 0 saturated heterocycles. The molecule has 0 aliphatic heterocycles. The Morgan fingerprint density at radius 1 is 1.19 bits per heavy atom. The number of hydrogen-bond donors (Lipinski definition) is 0. The molecule has 96 valence electrons. The molecule has 16 heavy (non-hydrogen) atoms. The molecule has 0 spiro atoms. The molecule has 0 rings (SSSR count). The number of esters is 1. The van der Waals surface area contributed by atoms with E-state index in [2.05, 4.69) is 20.8 Å². The Labute approximate surface area is 99.5 Å². The maximum atomic E-state index is 11.8. The van der Waals surface area contributed by atoms with E-state index < -0.39 is 0 Å². The number of rotatable bonds is 7. The van der Waals surface area contributed by atoms with Crippen molar-refractivity contribution in [1.82, 2.24) is 0 Å².